The zero-order valence-corrected chi connectivity index (χ0v) is 12.8. The summed E-state index contributed by atoms with van der Waals surface area (Å²) in [6.45, 7) is 2.77. The predicted octanol–water partition coefficient (Wildman–Crippen LogP) is 3.11. The fourth-order valence-corrected chi connectivity index (χ4v) is 2.30. The van der Waals surface area contributed by atoms with Crippen LogP contribution in [0.2, 0.25) is 0 Å². The van der Waals surface area contributed by atoms with E-state index < -0.39 is 11.9 Å². The normalized spacial score (nSPS) is 19.9. The van der Waals surface area contributed by atoms with Crippen molar-refractivity contribution in [1.29, 1.82) is 0 Å². The maximum Gasteiger partial charge on any atom is 0.253 e. The fraction of sp³-hybridized carbons (Fsp3) is 0.500. The van der Waals surface area contributed by atoms with Crippen LogP contribution in [0.25, 0.3) is 0 Å². The average molecular weight is 346 g/mol. The number of halogens is 2. The molecule has 6 heteroatoms. The molecule has 1 heterocycles. The van der Waals surface area contributed by atoms with E-state index >= 15 is 0 Å². The van der Waals surface area contributed by atoms with Gasteiger partial charge in [0.15, 0.2) is 5.82 Å². The molecule has 2 rings (SSSR count). The summed E-state index contributed by atoms with van der Waals surface area (Å²) < 4.78 is 24.9. The zero-order chi connectivity index (χ0) is 14.5. The molecule has 0 aromatic heterocycles. The number of ether oxygens (including phenoxy) is 2. The number of nitrogens with one attached hydrogen (secondary N) is 1. The second kappa shape index (κ2) is 7.15. The van der Waals surface area contributed by atoms with E-state index in [0.29, 0.717) is 11.1 Å². The van der Waals surface area contributed by atoms with Crippen LogP contribution >= 0.6 is 15.9 Å². The van der Waals surface area contributed by atoms with Crippen molar-refractivity contribution < 1.29 is 18.7 Å². The van der Waals surface area contributed by atoms with Gasteiger partial charge in [-0.25, -0.2) is 4.39 Å². The molecule has 1 fully saturated rings. The lowest BCUT2D eigenvalue weighted by Gasteiger charge is -2.16. The smallest absolute Gasteiger partial charge is 0.253 e. The molecule has 1 aromatic carbocycles. The van der Waals surface area contributed by atoms with E-state index in [0.717, 1.165) is 19.4 Å². The number of amides is 1. The van der Waals surface area contributed by atoms with Gasteiger partial charge in [-0.15, -0.1) is 0 Å². The Hall–Kier alpha value is -0.980. The number of carbonyl (C=O) groups is 1. The predicted molar refractivity (Wildman–Crippen MR) is 77.1 cm³/mol. The molecule has 2 unspecified atom stereocenters. The molecule has 2 atom stereocenters. The van der Waals surface area contributed by atoms with Crippen LogP contribution in [0.3, 0.4) is 0 Å². The molecule has 0 bridgehead atoms. The van der Waals surface area contributed by atoms with Gasteiger partial charge in [0.25, 0.3) is 5.91 Å². The number of benzene rings is 1. The van der Waals surface area contributed by atoms with Crippen molar-refractivity contribution in [2.75, 3.05) is 18.5 Å². The molecule has 20 heavy (non-hydrogen) atoms. The van der Waals surface area contributed by atoms with Gasteiger partial charge in [0.1, 0.15) is 6.10 Å². The summed E-state index contributed by atoms with van der Waals surface area (Å²) in [6.07, 6.45) is 1.39. The van der Waals surface area contributed by atoms with Gasteiger partial charge in [-0.3, -0.25) is 4.79 Å². The summed E-state index contributed by atoms with van der Waals surface area (Å²) in [5, 5.41) is 2.52. The molecule has 1 aliphatic rings. The van der Waals surface area contributed by atoms with Gasteiger partial charge >= 0.3 is 0 Å². The third kappa shape index (κ3) is 4.01. The largest absolute Gasteiger partial charge is 0.376 e. The van der Waals surface area contributed by atoms with Gasteiger partial charge in [0.05, 0.1) is 22.9 Å². The van der Waals surface area contributed by atoms with Crippen molar-refractivity contribution in [3.63, 3.8) is 0 Å². The van der Waals surface area contributed by atoms with E-state index in [2.05, 4.69) is 21.2 Å². The minimum absolute atomic E-state index is 0.0628. The van der Waals surface area contributed by atoms with Crippen molar-refractivity contribution in [2.24, 2.45) is 0 Å². The molecule has 4 nitrogen and oxygen atoms in total. The molecule has 110 valence electrons. The van der Waals surface area contributed by atoms with E-state index in [9.17, 15) is 9.18 Å². The lowest BCUT2D eigenvalue weighted by Crippen LogP contribution is -2.30. The summed E-state index contributed by atoms with van der Waals surface area (Å²) in [4.78, 5) is 11.9. The molecule has 0 spiro atoms. The second-order valence-corrected chi connectivity index (χ2v) is 5.56. The summed E-state index contributed by atoms with van der Waals surface area (Å²) in [5.74, 6) is -0.868. The lowest BCUT2D eigenvalue weighted by atomic mass is 10.2. The highest BCUT2D eigenvalue weighted by Crippen LogP contribution is 2.22. The van der Waals surface area contributed by atoms with Gasteiger partial charge in [-0.1, -0.05) is 6.07 Å². The van der Waals surface area contributed by atoms with E-state index in [1.807, 2.05) is 0 Å². The Morgan fingerprint density at radius 3 is 3.15 bits per heavy atom. The Bertz CT molecular complexity index is 477. The number of hydrogen-bond donors (Lipinski definition) is 1. The first-order chi connectivity index (χ1) is 9.58. The molecular formula is C14H17BrFNO3. The number of anilines is 1. The van der Waals surface area contributed by atoms with E-state index in [1.165, 1.54) is 6.07 Å². The molecule has 1 aromatic rings. The van der Waals surface area contributed by atoms with Crippen molar-refractivity contribution in [2.45, 2.75) is 32.0 Å². The third-order valence-corrected chi connectivity index (χ3v) is 3.75. The van der Waals surface area contributed by atoms with Crippen LogP contribution in [-0.4, -0.2) is 31.3 Å². The first-order valence-corrected chi connectivity index (χ1v) is 7.35. The Balaban J connectivity index is 1.85. The number of carbonyl (C=O) groups excluding carboxylic acids is 1. The molecular weight excluding hydrogens is 329 g/mol. The Morgan fingerprint density at radius 1 is 1.65 bits per heavy atom. The molecule has 1 saturated heterocycles. The van der Waals surface area contributed by atoms with E-state index in [-0.39, 0.29) is 17.7 Å². The average Bonchev–Trinajstić information content (AvgIpc) is 2.94. The van der Waals surface area contributed by atoms with Crippen molar-refractivity contribution in [1.82, 2.24) is 0 Å². The maximum atomic E-state index is 13.7. The zero-order valence-electron chi connectivity index (χ0n) is 11.2. The lowest BCUT2D eigenvalue weighted by molar-refractivity contribution is -0.128. The topological polar surface area (TPSA) is 47.6 Å². The summed E-state index contributed by atoms with van der Waals surface area (Å²) in [6, 6.07) is 4.73. The standard InChI is InChI=1S/C14H17BrFNO3/c1-9(20-8-10-4-3-7-19-10)14(18)17-12-6-2-5-11(15)13(12)16/h2,5-6,9-10H,3-4,7-8H2,1H3,(H,17,18). The summed E-state index contributed by atoms with van der Waals surface area (Å²) in [5.41, 5.74) is 0.136. The molecule has 1 aliphatic heterocycles. The minimum Gasteiger partial charge on any atom is -0.376 e. The highest BCUT2D eigenvalue weighted by Gasteiger charge is 2.20. The summed E-state index contributed by atoms with van der Waals surface area (Å²) >= 11 is 3.07. The van der Waals surface area contributed by atoms with Gasteiger partial charge in [-0.2, -0.15) is 0 Å². The molecule has 0 radical (unpaired) electrons. The highest BCUT2D eigenvalue weighted by atomic mass is 79.9. The van der Waals surface area contributed by atoms with Gasteiger partial charge < -0.3 is 14.8 Å². The number of rotatable bonds is 5. The van der Waals surface area contributed by atoms with Crippen LogP contribution in [0, 0.1) is 5.82 Å². The SMILES string of the molecule is CC(OCC1CCCO1)C(=O)Nc1cccc(Br)c1F. The first-order valence-electron chi connectivity index (χ1n) is 6.56. The van der Waals surface area contributed by atoms with E-state index in [1.54, 1.807) is 19.1 Å². The molecule has 0 saturated carbocycles. The first kappa shape index (κ1) is 15.4. The summed E-state index contributed by atoms with van der Waals surface area (Å²) in [7, 11) is 0. The minimum atomic E-state index is -0.655. The van der Waals surface area contributed by atoms with Crippen molar-refractivity contribution >= 4 is 27.5 Å². The monoisotopic (exact) mass is 345 g/mol. The molecule has 1 N–H and O–H groups in total. The fourth-order valence-electron chi connectivity index (χ4n) is 1.94. The van der Waals surface area contributed by atoms with Gasteiger partial charge in [0.2, 0.25) is 0 Å². The quantitative estimate of drug-likeness (QED) is 0.891. The van der Waals surface area contributed by atoms with Crippen LogP contribution < -0.4 is 5.32 Å². The van der Waals surface area contributed by atoms with Crippen molar-refractivity contribution in [3.8, 4) is 0 Å². The van der Waals surface area contributed by atoms with Crippen molar-refractivity contribution in [3.05, 3.63) is 28.5 Å². The Labute approximate surface area is 125 Å². The highest BCUT2D eigenvalue weighted by molar-refractivity contribution is 9.10. The van der Waals surface area contributed by atoms with Gasteiger partial charge in [0, 0.05) is 6.61 Å². The van der Waals surface area contributed by atoms with Crippen LogP contribution in [-0.2, 0) is 14.3 Å². The van der Waals surface area contributed by atoms with Crippen LogP contribution in [0.15, 0.2) is 22.7 Å². The van der Waals surface area contributed by atoms with Crippen LogP contribution in [0.5, 0.6) is 0 Å². The third-order valence-electron chi connectivity index (χ3n) is 3.13. The Kier molecular flexibility index (Phi) is 5.51. The van der Waals surface area contributed by atoms with Crippen LogP contribution in [0.1, 0.15) is 19.8 Å². The van der Waals surface area contributed by atoms with Crippen LogP contribution in [0.4, 0.5) is 10.1 Å². The van der Waals surface area contributed by atoms with Gasteiger partial charge in [-0.05, 0) is 47.8 Å². The number of hydrogen-bond acceptors (Lipinski definition) is 3. The second-order valence-electron chi connectivity index (χ2n) is 4.70. The molecule has 0 aliphatic carbocycles. The molecule has 1 amide bonds. The maximum absolute atomic E-state index is 13.7. The van der Waals surface area contributed by atoms with E-state index in [4.69, 9.17) is 9.47 Å². The Morgan fingerprint density at radius 2 is 2.45 bits per heavy atom.